The van der Waals surface area contributed by atoms with Crippen LogP contribution in [0.1, 0.15) is 12.8 Å². The summed E-state index contributed by atoms with van der Waals surface area (Å²) in [6.45, 7) is 1.16. The van der Waals surface area contributed by atoms with Gasteiger partial charge in [-0.1, -0.05) is 0 Å². The molecule has 1 aliphatic rings. The number of hydrogen-bond acceptors (Lipinski definition) is 5. The fourth-order valence-electron chi connectivity index (χ4n) is 1.60. The largest absolute Gasteiger partial charge is 0.448 e. The van der Waals surface area contributed by atoms with Crippen molar-refractivity contribution in [3.05, 3.63) is 21.0 Å². The molecule has 0 atom stereocenters. The molecule has 0 bridgehead atoms. The number of carbonyl (C=O) groups is 1. The number of anilines is 1. The quantitative estimate of drug-likeness (QED) is 0.755. The van der Waals surface area contributed by atoms with E-state index in [1.807, 2.05) is 0 Å². The number of nitrogens with two attached hydrogens (primary N) is 1. The number of nitrogens with one attached hydrogen (secondary N) is 1. The first-order valence-electron chi connectivity index (χ1n) is 5.99. The van der Waals surface area contributed by atoms with Gasteiger partial charge in [0, 0.05) is 13.1 Å². The molecule has 1 fully saturated rings. The smallest absolute Gasteiger partial charge is 0.404 e. The lowest BCUT2D eigenvalue weighted by molar-refractivity contribution is 0.161. The van der Waals surface area contributed by atoms with E-state index in [1.165, 1.54) is 4.68 Å². The van der Waals surface area contributed by atoms with E-state index < -0.39 is 6.09 Å². The number of ether oxygens (including phenoxy) is 1. The standard InChI is InChI=1S/C11H15BrN4O3/c12-9-8(14-3-4-19-11(13)18)5-15-16(10(9)17)6-7-1-2-7/h5,7,14H,1-4,6H2,(H2,13,18). The Hall–Kier alpha value is -1.57. The Morgan fingerprint density at radius 3 is 3.00 bits per heavy atom. The molecule has 0 aliphatic heterocycles. The third kappa shape index (κ3) is 3.95. The number of primary amides is 1. The molecule has 1 heterocycles. The van der Waals surface area contributed by atoms with Gasteiger partial charge in [-0.15, -0.1) is 0 Å². The summed E-state index contributed by atoms with van der Waals surface area (Å²) in [4.78, 5) is 22.4. The van der Waals surface area contributed by atoms with Crippen molar-refractivity contribution in [3.8, 4) is 0 Å². The molecule has 104 valence electrons. The van der Waals surface area contributed by atoms with Gasteiger partial charge in [-0.25, -0.2) is 9.48 Å². The van der Waals surface area contributed by atoms with Crippen molar-refractivity contribution < 1.29 is 9.53 Å². The molecule has 0 spiro atoms. The molecule has 3 N–H and O–H groups in total. The lowest BCUT2D eigenvalue weighted by Crippen LogP contribution is -2.26. The number of carbonyl (C=O) groups excluding carboxylic acids is 1. The summed E-state index contributed by atoms with van der Waals surface area (Å²) < 4.78 is 6.47. The molecule has 2 rings (SSSR count). The maximum Gasteiger partial charge on any atom is 0.404 e. The van der Waals surface area contributed by atoms with Crippen LogP contribution >= 0.6 is 15.9 Å². The van der Waals surface area contributed by atoms with Crippen molar-refractivity contribution in [2.75, 3.05) is 18.5 Å². The van der Waals surface area contributed by atoms with E-state index in [-0.39, 0.29) is 12.2 Å². The number of halogens is 1. The van der Waals surface area contributed by atoms with Crippen LogP contribution in [-0.4, -0.2) is 29.0 Å². The Morgan fingerprint density at radius 1 is 1.63 bits per heavy atom. The molecule has 1 amide bonds. The second kappa shape index (κ2) is 6.05. The van der Waals surface area contributed by atoms with Gasteiger partial charge < -0.3 is 15.8 Å². The predicted molar refractivity (Wildman–Crippen MR) is 72.9 cm³/mol. The summed E-state index contributed by atoms with van der Waals surface area (Å²) in [5.74, 6) is 0.583. The zero-order valence-corrected chi connectivity index (χ0v) is 11.9. The summed E-state index contributed by atoms with van der Waals surface area (Å²) >= 11 is 3.25. The molecular formula is C11H15BrN4O3. The first-order valence-corrected chi connectivity index (χ1v) is 6.79. The van der Waals surface area contributed by atoms with E-state index in [4.69, 9.17) is 5.73 Å². The number of hydrogen-bond donors (Lipinski definition) is 2. The highest BCUT2D eigenvalue weighted by atomic mass is 79.9. The van der Waals surface area contributed by atoms with Crippen LogP contribution in [-0.2, 0) is 11.3 Å². The molecular weight excluding hydrogens is 316 g/mol. The van der Waals surface area contributed by atoms with Gasteiger partial charge in [-0.05, 0) is 34.7 Å². The van der Waals surface area contributed by atoms with E-state index >= 15 is 0 Å². The molecule has 1 aromatic heterocycles. The molecule has 1 aliphatic carbocycles. The van der Waals surface area contributed by atoms with Gasteiger partial charge in [0.2, 0.25) is 0 Å². The third-order valence-corrected chi connectivity index (χ3v) is 3.54. The number of amides is 1. The van der Waals surface area contributed by atoms with E-state index in [0.29, 0.717) is 29.2 Å². The van der Waals surface area contributed by atoms with Crippen LogP contribution < -0.4 is 16.6 Å². The normalized spacial score (nSPS) is 14.2. The Kier molecular flexibility index (Phi) is 4.41. The lowest BCUT2D eigenvalue weighted by Gasteiger charge is -2.10. The van der Waals surface area contributed by atoms with Crippen molar-refractivity contribution in [1.82, 2.24) is 9.78 Å². The van der Waals surface area contributed by atoms with Gasteiger partial charge in [0.1, 0.15) is 11.1 Å². The minimum Gasteiger partial charge on any atom is -0.448 e. The summed E-state index contributed by atoms with van der Waals surface area (Å²) in [5, 5.41) is 7.06. The van der Waals surface area contributed by atoms with Crippen molar-refractivity contribution in [2.45, 2.75) is 19.4 Å². The minimum atomic E-state index is -0.821. The second-order valence-corrected chi connectivity index (χ2v) is 5.19. The molecule has 7 nitrogen and oxygen atoms in total. The molecule has 0 radical (unpaired) electrons. The Labute approximate surface area is 118 Å². The van der Waals surface area contributed by atoms with E-state index in [1.54, 1.807) is 6.20 Å². The second-order valence-electron chi connectivity index (χ2n) is 4.40. The first-order chi connectivity index (χ1) is 9.08. The van der Waals surface area contributed by atoms with E-state index in [2.05, 4.69) is 31.1 Å². The molecule has 0 saturated heterocycles. The molecule has 0 unspecified atom stereocenters. The van der Waals surface area contributed by atoms with Crippen LogP contribution in [0, 0.1) is 5.92 Å². The fourth-order valence-corrected chi connectivity index (χ4v) is 2.05. The van der Waals surface area contributed by atoms with Crippen LogP contribution in [0.5, 0.6) is 0 Å². The fraction of sp³-hybridized carbons (Fsp3) is 0.545. The van der Waals surface area contributed by atoms with Crippen LogP contribution in [0.2, 0.25) is 0 Å². The maximum atomic E-state index is 12.0. The van der Waals surface area contributed by atoms with Crippen molar-refractivity contribution in [1.29, 1.82) is 0 Å². The zero-order valence-electron chi connectivity index (χ0n) is 10.3. The van der Waals surface area contributed by atoms with Crippen molar-refractivity contribution >= 4 is 27.7 Å². The molecule has 8 heteroatoms. The average Bonchev–Trinajstić information content (AvgIpc) is 3.17. The average molecular weight is 331 g/mol. The van der Waals surface area contributed by atoms with Crippen LogP contribution in [0.25, 0.3) is 0 Å². The Morgan fingerprint density at radius 2 is 2.37 bits per heavy atom. The number of aromatic nitrogens is 2. The van der Waals surface area contributed by atoms with E-state index in [9.17, 15) is 9.59 Å². The van der Waals surface area contributed by atoms with Gasteiger partial charge in [0.25, 0.3) is 5.56 Å². The first kappa shape index (κ1) is 13.9. The van der Waals surface area contributed by atoms with Gasteiger partial charge in [-0.2, -0.15) is 5.10 Å². The van der Waals surface area contributed by atoms with Crippen molar-refractivity contribution in [3.63, 3.8) is 0 Å². The van der Waals surface area contributed by atoms with E-state index in [0.717, 1.165) is 12.8 Å². The van der Waals surface area contributed by atoms with Crippen LogP contribution in [0.3, 0.4) is 0 Å². The van der Waals surface area contributed by atoms with Gasteiger partial charge >= 0.3 is 6.09 Å². The monoisotopic (exact) mass is 330 g/mol. The van der Waals surface area contributed by atoms with Crippen molar-refractivity contribution in [2.24, 2.45) is 11.7 Å². The van der Waals surface area contributed by atoms with Gasteiger partial charge in [0.05, 0.1) is 11.9 Å². The summed E-state index contributed by atoms with van der Waals surface area (Å²) in [6, 6.07) is 0. The summed E-state index contributed by atoms with van der Waals surface area (Å²) in [5.41, 5.74) is 5.25. The SMILES string of the molecule is NC(=O)OCCNc1cnn(CC2CC2)c(=O)c1Br. The third-order valence-electron chi connectivity index (χ3n) is 2.77. The number of nitrogens with zero attached hydrogens (tertiary/aromatic N) is 2. The molecule has 19 heavy (non-hydrogen) atoms. The number of rotatable bonds is 6. The topological polar surface area (TPSA) is 99.2 Å². The highest BCUT2D eigenvalue weighted by molar-refractivity contribution is 9.10. The van der Waals surface area contributed by atoms with Gasteiger partial charge in [-0.3, -0.25) is 4.79 Å². The highest BCUT2D eigenvalue weighted by Gasteiger charge is 2.23. The Balaban J connectivity index is 1.95. The summed E-state index contributed by atoms with van der Waals surface area (Å²) in [7, 11) is 0. The van der Waals surface area contributed by atoms with Crippen LogP contribution in [0.15, 0.2) is 15.5 Å². The van der Waals surface area contributed by atoms with Gasteiger partial charge in [0.15, 0.2) is 0 Å². The van der Waals surface area contributed by atoms with Crippen LogP contribution in [0.4, 0.5) is 10.5 Å². The highest BCUT2D eigenvalue weighted by Crippen LogP contribution is 2.30. The molecule has 0 aromatic carbocycles. The summed E-state index contributed by atoms with van der Waals surface area (Å²) in [6.07, 6.45) is 3.09. The minimum absolute atomic E-state index is 0.132. The Bertz CT molecular complexity index is 527. The predicted octanol–water partition coefficient (Wildman–Crippen LogP) is 0.923. The molecule has 1 saturated carbocycles. The zero-order chi connectivity index (χ0) is 13.8. The molecule has 1 aromatic rings. The maximum absolute atomic E-state index is 12.0. The lowest BCUT2D eigenvalue weighted by atomic mass is 10.4.